The number of hydrogen-bond acceptors (Lipinski definition) is 4. The standard InChI is InChI=1S/C29H26FNO4/c1-2-3-4-7-18-34-22-16-10-19(11-17-22)26-25-27(32)23-8-5-6-9-24(23)35-28(25)29(33)31(26)21-14-12-20(30)13-15-21/h5-6,8-17,26H,2-4,7,18H2,1H3. The molecule has 6 heteroatoms. The number of halogens is 1. The van der Waals surface area contributed by atoms with Gasteiger partial charge in [-0.2, -0.15) is 0 Å². The number of carbonyl (C=O) groups excluding carboxylic acids is 1. The lowest BCUT2D eigenvalue weighted by Gasteiger charge is -2.25. The highest BCUT2D eigenvalue weighted by molar-refractivity contribution is 6.10. The van der Waals surface area contributed by atoms with Crippen LogP contribution in [0.25, 0.3) is 11.0 Å². The fraction of sp³-hybridized carbons (Fsp3) is 0.241. The molecule has 0 fully saturated rings. The van der Waals surface area contributed by atoms with Crippen LogP contribution in [-0.4, -0.2) is 12.5 Å². The zero-order valence-electron chi connectivity index (χ0n) is 19.5. The Kier molecular flexibility index (Phi) is 6.36. The number of ether oxygens (including phenoxy) is 1. The Labute approximate surface area is 202 Å². The van der Waals surface area contributed by atoms with Gasteiger partial charge in [0.05, 0.1) is 23.6 Å². The number of unbranched alkanes of at least 4 members (excludes halogenated alkanes) is 3. The number of hydrogen-bond donors (Lipinski definition) is 0. The number of carbonyl (C=O) groups is 1. The van der Waals surface area contributed by atoms with Crippen LogP contribution in [0, 0.1) is 5.82 Å². The molecular weight excluding hydrogens is 445 g/mol. The molecule has 1 aromatic heterocycles. The summed E-state index contributed by atoms with van der Waals surface area (Å²) in [6.45, 7) is 2.81. The molecule has 2 heterocycles. The highest BCUT2D eigenvalue weighted by atomic mass is 19.1. The lowest BCUT2D eigenvalue weighted by Crippen LogP contribution is -2.29. The third-order valence-corrected chi connectivity index (χ3v) is 6.34. The topological polar surface area (TPSA) is 59.8 Å². The molecule has 5 nitrogen and oxygen atoms in total. The molecule has 0 bridgehead atoms. The monoisotopic (exact) mass is 471 g/mol. The molecule has 178 valence electrons. The van der Waals surface area contributed by atoms with Crippen LogP contribution in [0.15, 0.2) is 82.0 Å². The number of amides is 1. The van der Waals surface area contributed by atoms with Crippen LogP contribution < -0.4 is 15.1 Å². The van der Waals surface area contributed by atoms with Crippen LogP contribution in [0.5, 0.6) is 5.75 Å². The number of anilines is 1. The molecule has 35 heavy (non-hydrogen) atoms. The van der Waals surface area contributed by atoms with Gasteiger partial charge in [0.2, 0.25) is 5.76 Å². The van der Waals surface area contributed by atoms with Crippen molar-refractivity contribution in [2.45, 2.75) is 38.6 Å². The second-order valence-electron chi connectivity index (χ2n) is 8.70. The predicted octanol–water partition coefficient (Wildman–Crippen LogP) is 6.64. The van der Waals surface area contributed by atoms with Gasteiger partial charge in [0.25, 0.3) is 5.91 Å². The van der Waals surface area contributed by atoms with Gasteiger partial charge in [0.1, 0.15) is 17.1 Å². The summed E-state index contributed by atoms with van der Waals surface area (Å²) in [5, 5.41) is 0.414. The Morgan fingerprint density at radius 1 is 0.914 bits per heavy atom. The van der Waals surface area contributed by atoms with Crippen LogP contribution in [-0.2, 0) is 0 Å². The number of nitrogens with zero attached hydrogens (tertiary/aromatic N) is 1. The molecule has 4 aromatic rings. The molecule has 0 saturated heterocycles. The molecule has 0 aliphatic carbocycles. The van der Waals surface area contributed by atoms with Crippen molar-refractivity contribution in [3.8, 4) is 5.75 Å². The minimum Gasteiger partial charge on any atom is -0.494 e. The predicted molar refractivity (Wildman–Crippen MR) is 134 cm³/mol. The van der Waals surface area contributed by atoms with Gasteiger partial charge in [-0.15, -0.1) is 0 Å². The summed E-state index contributed by atoms with van der Waals surface area (Å²) in [5.41, 5.74) is 1.61. The molecule has 0 saturated carbocycles. The van der Waals surface area contributed by atoms with Crippen LogP contribution in [0.4, 0.5) is 10.1 Å². The fourth-order valence-corrected chi connectivity index (χ4v) is 4.57. The van der Waals surface area contributed by atoms with Gasteiger partial charge in [0, 0.05) is 5.69 Å². The van der Waals surface area contributed by atoms with Crippen molar-refractivity contribution in [3.63, 3.8) is 0 Å². The van der Waals surface area contributed by atoms with Crippen LogP contribution in [0.1, 0.15) is 60.3 Å². The van der Waals surface area contributed by atoms with Gasteiger partial charge in [-0.25, -0.2) is 4.39 Å². The van der Waals surface area contributed by atoms with Crippen LogP contribution in [0.3, 0.4) is 0 Å². The van der Waals surface area contributed by atoms with E-state index in [1.165, 1.54) is 42.0 Å². The number of fused-ring (bicyclic) bond motifs is 2. The Morgan fingerprint density at radius 3 is 2.40 bits per heavy atom. The van der Waals surface area contributed by atoms with Crippen LogP contribution >= 0.6 is 0 Å². The number of benzene rings is 3. The zero-order valence-corrected chi connectivity index (χ0v) is 19.5. The van der Waals surface area contributed by atoms with Gasteiger partial charge >= 0.3 is 0 Å². The van der Waals surface area contributed by atoms with E-state index in [0.717, 1.165) is 24.2 Å². The van der Waals surface area contributed by atoms with E-state index in [2.05, 4.69) is 6.92 Å². The zero-order chi connectivity index (χ0) is 24.4. The molecule has 0 spiro atoms. The summed E-state index contributed by atoms with van der Waals surface area (Å²) in [6.07, 6.45) is 4.48. The summed E-state index contributed by atoms with van der Waals surface area (Å²) >= 11 is 0. The van der Waals surface area contributed by atoms with Crippen molar-refractivity contribution in [1.29, 1.82) is 0 Å². The summed E-state index contributed by atoms with van der Waals surface area (Å²) in [4.78, 5) is 28.6. The van der Waals surface area contributed by atoms with Gasteiger partial charge in [-0.05, 0) is 60.5 Å². The van der Waals surface area contributed by atoms with E-state index in [4.69, 9.17) is 9.15 Å². The van der Waals surface area contributed by atoms with Gasteiger partial charge in [0.15, 0.2) is 5.43 Å². The van der Waals surface area contributed by atoms with Gasteiger partial charge in [-0.1, -0.05) is 50.5 Å². The highest BCUT2D eigenvalue weighted by Crippen LogP contribution is 2.41. The number of rotatable bonds is 8. The van der Waals surface area contributed by atoms with E-state index in [1.807, 2.05) is 24.3 Å². The largest absolute Gasteiger partial charge is 0.494 e. The maximum atomic E-state index is 13.6. The van der Waals surface area contributed by atoms with E-state index in [1.54, 1.807) is 24.3 Å². The lowest BCUT2D eigenvalue weighted by atomic mass is 9.98. The molecule has 1 unspecified atom stereocenters. The van der Waals surface area contributed by atoms with Crippen molar-refractivity contribution in [1.82, 2.24) is 0 Å². The molecule has 3 aromatic carbocycles. The molecule has 1 amide bonds. The van der Waals surface area contributed by atoms with E-state index in [0.29, 0.717) is 23.3 Å². The third-order valence-electron chi connectivity index (χ3n) is 6.34. The van der Waals surface area contributed by atoms with Crippen molar-refractivity contribution in [2.24, 2.45) is 0 Å². The van der Waals surface area contributed by atoms with E-state index >= 15 is 0 Å². The maximum Gasteiger partial charge on any atom is 0.295 e. The molecule has 0 radical (unpaired) electrons. The lowest BCUT2D eigenvalue weighted by molar-refractivity contribution is 0.0971. The summed E-state index contributed by atoms with van der Waals surface area (Å²) in [7, 11) is 0. The smallest absolute Gasteiger partial charge is 0.295 e. The summed E-state index contributed by atoms with van der Waals surface area (Å²) < 4.78 is 25.4. The van der Waals surface area contributed by atoms with E-state index in [9.17, 15) is 14.0 Å². The molecule has 1 aliphatic rings. The molecule has 1 atom stereocenters. The Bertz CT molecular complexity index is 1410. The van der Waals surface area contributed by atoms with Crippen molar-refractivity contribution in [3.05, 3.63) is 106 Å². The first-order valence-electron chi connectivity index (χ1n) is 12.0. The first kappa shape index (κ1) is 22.8. The molecule has 1 aliphatic heterocycles. The van der Waals surface area contributed by atoms with Crippen molar-refractivity contribution < 1.29 is 18.3 Å². The Balaban J connectivity index is 1.55. The third kappa shape index (κ3) is 4.32. The minimum absolute atomic E-state index is 0.0132. The second-order valence-corrected chi connectivity index (χ2v) is 8.70. The highest BCUT2D eigenvalue weighted by Gasteiger charge is 2.43. The van der Waals surface area contributed by atoms with E-state index < -0.39 is 17.8 Å². The Morgan fingerprint density at radius 2 is 1.66 bits per heavy atom. The first-order chi connectivity index (χ1) is 17.1. The maximum absolute atomic E-state index is 13.6. The summed E-state index contributed by atoms with van der Waals surface area (Å²) in [5.74, 6) is -0.0986. The molecule has 0 N–H and O–H groups in total. The average molecular weight is 472 g/mol. The van der Waals surface area contributed by atoms with Crippen molar-refractivity contribution >= 4 is 22.6 Å². The normalized spacial score (nSPS) is 15.0. The van der Waals surface area contributed by atoms with E-state index in [-0.39, 0.29) is 16.8 Å². The summed E-state index contributed by atoms with van der Waals surface area (Å²) in [6, 6.07) is 19.3. The SMILES string of the molecule is CCCCCCOc1ccc(C2c3c(oc4ccccc4c3=O)C(=O)N2c2ccc(F)cc2)cc1. The minimum atomic E-state index is -0.706. The first-order valence-corrected chi connectivity index (χ1v) is 12.0. The number of para-hydroxylation sites is 1. The van der Waals surface area contributed by atoms with Crippen LogP contribution in [0.2, 0.25) is 0 Å². The van der Waals surface area contributed by atoms with Gasteiger partial charge in [-0.3, -0.25) is 14.5 Å². The fourth-order valence-electron chi connectivity index (χ4n) is 4.57. The Hall–Kier alpha value is -3.93. The second kappa shape index (κ2) is 9.74. The average Bonchev–Trinajstić information content (AvgIpc) is 3.17. The quantitative estimate of drug-likeness (QED) is 0.270. The molecular formula is C29H26FNO4. The van der Waals surface area contributed by atoms with Gasteiger partial charge < -0.3 is 9.15 Å². The molecule has 5 rings (SSSR count). The van der Waals surface area contributed by atoms with Crippen molar-refractivity contribution in [2.75, 3.05) is 11.5 Å².